The van der Waals surface area contributed by atoms with E-state index in [1.54, 1.807) is 0 Å². The van der Waals surface area contributed by atoms with Gasteiger partial charge in [0.05, 0.1) is 6.20 Å². The van der Waals surface area contributed by atoms with E-state index in [0.717, 1.165) is 19.5 Å². The Hall–Kier alpha value is -1.09. The van der Waals surface area contributed by atoms with Crippen LogP contribution in [-0.4, -0.2) is 16.3 Å². The van der Waals surface area contributed by atoms with Crippen LogP contribution in [0, 0.1) is 0 Å². The molecule has 1 rings (SSSR count). The largest absolute Gasteiger partial charge is 0.310 e. The van der Waals surface area contributed by atoms with Gasteiger partial charge in [0.1, 0.15) is 0 Å². The number of nitrogens with zero attached hydrogens (tertiary/aromatic N) is 2. The summed E-state index contributed by atoms with van der Waals surface area (Å²) in [6.45, 7) is 8.27. The molecule has 0 aromatic carbocycles. The molecule has 0 aliphatic heterocycles. The van der Waals surface area contributed by atoms with Gasteiger partial charge in [-0.3, -0.25) is 4.68 Å². The predicted octanol–water partition coefficient (Wildman–Crippen LogP) is 2.52. The highest BCUT2D eigenvalue weighted by Gasteiger charge is 2.05. The Balaban J connectivity index is 2.36. The molecule has 15 heavy (non-hydrogen) atoms. The van der Waals surface area contributed by atoms with E-state index < -0.39 is 0 Å². The number of hydrogen-bond donors (Lipinski definition) is 1. The highest BCUT2D eigenvalue weighted by molar-refractivity contribution is 5.09. The third-order valence-electron chi connectivity index (χ3n) is 2.47. The van der Waals surface area contributed by atoms with Gasteiger partial charge in [-0.2, -0.15) is 5.10 Å². The Kier molecular flexibility index (Phi) is 5.12. The van der Waals surface area contributed by atoms with Crippen LogP contribution in [0.15, 0.2) is 24.5 Å². The van der Waals surface area contributed by atoms with Crippen molar-refractivity contribution in [3.63, 3.8) is 0 Å². The van der Waals surface area contributed by atoms with Crippen molar-refractivity contribution >= 4 is 0 Å². The minimum atomic E-state index is 0.385. The first-order chi connectivity index (χ1) is 7.27. The van der Waals surface area contributed by atoms with Crippen LogP contribution >= 0.6 is 0 Å². The summed E-state index contributed by atoms with van der Waals surface area (Å²) in [6.07, 6.45) is 9.39. The first-order valence-electron chi connectivity index (χ1n) is 5.64. The minimum Gasteiger partial charge on any atom is -0.310 e. The number of rotatable bonds is 6. The number of allylic oxidation sites excluding steroid dienone is 1. The molecule has 1 aromatic heterocycles. The van der Waals surface area contributed by atoms with Gasteiger partial charge in [0.15, 0.2) is 0 Å². The van der Waals surface area contributed by atoms with Crippen LogP contribution < -0.4 is 5.32 Å². The zero-order chi connectivity index (χ0) is 11.1. The van der Waals surface area contributed by atoms with Crippen LogP contribution in [0.25, 0.3) is 0 Å². The van der Waals surface area contributed by atoms with E-state index in [0.29, 0.717) is 6.04 Å². The molecule has 0 bridgehead atoms. The number of aryl methyl sites for hydroxylation is 1. The van der Waals surface area contributed by atoms with Gasteiger partial charge in [0.25, 0.3) is 0 Å². The molecule has 1 atom stereocenters. The lowest BCUT2D eigenvalue weighted by molar-refractivity contribution is 0.579. The average molecular weight is 207 g/mol. The monoisotopic (exact) mass is 207 g/mol. The number of aromatic nitrogens is 2. The third kappa shape index (κ3) is 3.88. The fraction of sp³-hybridized carbons (Fsp3) is 0.583. The van der Waals surface area contributed by atoms with E-state index in [9.17, 15) is 0 Å². The molecule has 3 nitrogen and oxygen atoms in total. The molecule has 1 heterocycles. The Morgan fingerprint density at radius 2 is 2.40 bits per heavy atom. The molecule has 0 saturated heterocycles. The van der Waals surface area contributed by atoms with Crippen LogP contribution in [0.4, 0.5) is 0 Å². The van der Waals surface area contributed by atoms with E-state index in [2.05, 4.69) is 49.5 Å². The summed E-state index contributed by atoms with van der Waals surface area (Å²) in [6, 6.07) is 0.385. The Morgan fingerprint density at radius 1 is 1.60 bits per heavy atom. The Morgan fingerprint density at radius 3 is 3.00 bits per heavy atom. The zero-order valence-corrected chi connectivity index (χ0v) is 9.90. The highest BCUT2D eigenvalue weighted by Crippen LogP contribution is 2.10. The van der Waals surface area contributed by atoms with Gasteiger partial charge in [-0.05, 0) is 33.7 Å². The van der Waals surface area contributed by atoms with Crippen molar-refractivity contribution < 1.29 is 0 Å². The van der Waals surface area contributed by atoms with Gasteiger partial charge in [-0.1, -0.05) is 12.2 Å². The lowest BCUT2D eigenvalue weighted by Crippen LogP contribution is -2.19. The lowest BCUT2D eigenvalue weighted by atomic mass is 10.2. The predicted molar refractivity (Wildman–Crippen MR) is 63.7 cm³/mol. The second kappa shape index (κ2) is 6.40. The van der Waals surface area contributed by atoms with Crippen LogP contribution in [-0.2, 0) is 6.54 Å². The van der Waals surface area contributed by atoms with Gasteiger partial charge in [0.2, 0.25) is 0 Å². The van der Waals surface area contributed by atoms with Crippen LogP contribution in [0.3, 0.4) is 0 Å². The molecular formula is C12H21N3. The third-order valence-corrected chi connectivity index (χ3v) is 2.47. The first-order valence-corrected chi connectivity index (χ1v) is 5.64. The highest BCUT2D eigenvalue weighted by atomic mass is 15.3. The zero-order valence-electron chi connectivity index (χ0n) is 9.90. The van der Waals surface area contributed by atoms with Crippen molar-refractivity contribution in [2.75, 3.05) is 6.54 Å². The van der Waals surface area contributed by atoms with Crippen molar-refractivity contribution in [1.82, 2.24) is 15.1 Å². The van der Waals surface area contributed by atoms with Gasteiger partial charge in [0, 0.05) is 24.3 Å². The standard InChI is InChI=1S/C12H21N3/c1-4-6-7-8-13-11(3)12-9-14-15(5-2)10-12/h4,6,9-11,13H,5,7-8H2,1-3H3/b6-4+. The molecule has 0 fully saturated rings. The van der Waals surface area contributed by atoms with Crippen molar-refractivity contribution in [3.8, 4) is 0 Å². The molecule has 0 spiro atoms. The summed E-state index contributed by atoms with van der Waals surface area (Å²) in [5, 5.41) is 7.73. The second-order valence-corrected chi connectivity index (χ2v) is 3.66. The van der Waals surface area contributed by atoms with Crippen LogP contribution in [0.2, 0.25) is 0 Å². The van der Waals surface area contributed by atoms with E-state index in [1.807, 2.05) is 10.9 Å². The molecule has 84 valence electrons. The summed E-state index contributed by atoms with van der Waals surface area (Å²) in [5.74, 6) is 0. The van der Waals surface area contributed by atoms with E-state index in [1.165, 1.54) is 5.56 Å². The van der Waals surface area contributed by atoms with Crippen LogP contribution in [0.5, 0.6) is 0 Å². The van der Waals surface area contributed by atoms with Crippen molar-refractivity contribution in [3.05, 3.63) is 30.1 Å². The molecule has 0 aliphatic carbocycles. The molecule has 0 saturated carbocycles. The maximum atomic E-state index is 4.26. The molecule has 0 radical (unpaired) electrons. The molecule has 1 aromatic rings. The van der Waals surface area contributed by atoms with Crippen molar-refractivity contribution in [2.45, 2.75) is 39.8 Å². The quantitative estimate of drug-likeness (QED) is 0.574. The van der Waals surface area contributed by atoms with Crippen LogP contribution in [0.1, 0.15) is 38.8 Å². The van der Waals surface area contributed by atoms with Gasteiger partial charge in [-0.25, -0.2) is 0 Å². The van der Waals surface area contributed by atoms with Gasteiger partial charge < -0.3 is 5.32 Å². The van der Waals surface area contributed by atoms with E-state index in [-0.39, 0.29) is 0 Å². The summed E-state index contributed by atoms with van der Waals surface area (Å²) >= 11 is 0. The van der Waals surface area contributed by atoms with Crippen molar-refractivity contribution in [2.24, 2.45) is 0 Å². The van der Waals surface area contributed by atoms with Gasteiger partial charge >= 0.3 is 0 Å². The average Bonchev–Trinajstić information content (AvgIpc) is 2.72. The molecule has 1 N–H and O–H groups in total. The summed E-state index contributed by atoms with van der Waals surface area (Å²) in [5.41, 5.74) is 1.26. The smallest absolute Gasteiger partial charge is 0.0537 e. The SMILES string of the molecule is C/C=C/CCNC(C)c1cnn(CC)c1. The number of hydrogen-bond acceptors (Lipinski definition) is 2. The summed E-state index contributed by atoms with van der Waals surface area (Å²) in [4.78, 5) is 0. The Labute approximate surface area is 92.2 Å². The second-order valence-electron chi connectivity index (χ2n) is 3.66. The first kappa shape index (κ1) is 12.0. The van der Waals surface area contributed by atoms with Crippen molar-refractivity contribution in [1.29, 1.82) is 0 Å². The fourth-order valence-corrected chi connectivity index (χ4v) is 1.44. The van der Waals surface area contributed by atoms with Gasteiger partial charge in [-0.15, -0.1) is 0 Å². The molecule has 0 aliphatic rings. The molecular weight excluding hydrogens is 186 g/mol. The Bertz CT molecular complexity index is 302. The summed E-state index contributed by atoms with van der Waals surface area (Å²) in [7, 11) is 0. The molecule has 3 heteroatoms. The normalized spacial score (nSPS) is 13.5. The minimum absolute atomic E-state index is 0.385. The summed E-state index contributed by atoms with van der Waals surface area (Å²) < 4.78 is 1.96. The number of nitrogens with one attached hydrogen (secondary N) is 1. The van der Waals surface area contributed by atoms with E-state index in [4.69, 9.17) is 0 Å². The topological polar surface area (TPSA) is 29.9 Å². The molecule has 1 unspecified atom stereocenters. The molecule has 0 amide bonds. The fourth-order valence-electron chi connectivity index (χ4n) is 1.44. The van der Waals surface area contributed by atoms with E-state index >= 15 is 0 Å². The maximum Gasteiger partial charge on any atom is 0.0537 e. The lowest BCUT2D eigenvalue weighted by Gasteiger charge is -2.10. The maximum absolute atomic E-state index is 4.26.